The van der Waals surface area contributed by atoms with Crippen molar-refractivity contribution in [2.75, 3.05) is 65.9 Å². The van der Waals surface area contributed by atoms with Crippen LogP contribution >= 0.6 is 0 Å². The number of rotatable bonds is 59. The fraction of sp³-hybridized carbons (Fsp3) is 0.754. The Hall–Kier alpha value is -6.55. The number of aliphatic hydroxyl groups is 1. The van der Waals surface area contributed by atoms with Crippen LogP contribution in [0.2, 0.25) is 0 Å². The Morgan fingerprint density at radius 3 is 1.69 bits per heavy atom. The number of aromatic amines is 1. The van der Waals surface area contributed by atoms with E-state index in [0.29, 0.717) is 44.9 Å². The number of carboxylic acids is 3. The predicted octanol–water partition coefficient (Wildman–Crippen LogP) is 4.02. The molecule has 0 fully saturated rings. The number of H-pyrrole nitrogens is 1. The first-order chi connectivity index (χ1) is 41.9. The maximum absolute atomic E-state index is 13.3. The van der Waals surface area contributed by atoms with Gasteiger partial charge in [-0.3, -0.25) is 52.7 Å². The first-order valence-electron chi connectivity index (χ1n) is 31.1. The predicted molar refractivity (Wildman–Crippen MR) is 320 cm³/mol. The van der Waals surface area contributed by atoms with Gasteiger partial charge in [-0.15, -0.1) is 0 Å². The lowest BCUT2D eigenvalue weighted by Gasteiger charge is -2.25. The zero-order chi connectivity index (χ0) is 65.5. The number of aliphatic carboxylic acids is 3. The van der Waals surface area contributed by atoms with Gasteiger partial charge in [-0.25, -0.2) is 9.78 Å². The summed E-state index contributed by atoms with van der Waals surface area (Å²) in [6, 6.07) is -2.69. The van der Waals surface area contributed by atoms with Crippen LogP contribution in [0.15, 0.2) is 12.5 Å². The molecule has 0 radical (unpaired) electrons. The molecular weight excluding hydrogens is 1150 g/mol. The highest BCUT2D eigenvalue weighted by atomic mass is 16.5. The van der Waals surface area contributed by atoms with E-state index in [1.54, 1.807) is 20.0 Å². The number of aromatic nitrogens is 2. The average molecular weight is 1250 g/mol. The van der Waals surface area contributed by atoms with Crippen LogP contribution in [0.25, 0.3) is 0 Å². The molecule has 1 rings (SSSR count). The van der Waals surface area contributed by atoms with E-state index in [1.165, 1.54) is 13.3 Å². The summed E-state index contributed by atoms with van der Waals surface area (Å²) in [7, 11) is 0. The lowest BCUT2D eigenvalue weighted by molar-refractivity contribution is -0.145. The Labute approximate surface area is 516 Å². The average Bonchev–Trinajstić information content (AvgIpc) is 4.08. The van der Waals surface area contributed by atoms with Crippen molar-refractivity contribution in [1.29, 1.82) is 0 Å². The number of aliphatic hydroxyl groups excluding tert-OH is 1. The number of primary amides is 1. The monoisotopic (exact) mass is 1250 g/mol. The number of imidazole rings is 1. The summed E-state index contributed by atoms with van der Waals surface area (Å²) in [5.41, 5.74) is 5.22. The number of hydrogen-bond acceptors (Lipinski definition) is 18. The maximum Gasteiger partial charge on any atom is 0.326 e. The molecule has 27 nitrogen and oxygen atoms in total. The SMILES string of the molecule is C[C@@H](O)[C@H](NC(=O)[C@H](CCCCNC(=O)COCCOCCNC(=O)COCCOCCCC(=O)CC[C@H](NC(=O)CC[C@H](CC(=O)CCCCCCCCCCCCC(=O)O)C(=O)O)C(=O)O)CCC(=O)C(C)(C)CC(=O)CCc1cnc[nH]1)C(N)=O. The molecule has 0 saturated carbocycles. The smallest absolute Gasteiger partial charge is 0.326 e. The van der Waals surface area contributed by atoms with Gasteiger partial charge in [0.1, 0.15) is 48.4 Å². The summed E-state index contributed by atoms with van der Waals surface area (Å²) in [4.78, 5) is 154. The number of unbranched alkanes of at least 4 members (excludes halogenated alkanes) is 10. The fourth-order valence-electron chi connectivity index (χ4n) is 9.34. The number of amides is 5. The number of ketones is 4. The van der Waals surface area contributed by atoms with Crippen molar-refractivity contribution in [2.24, 2.45) is 23.0 Å². The van der Waals surface area contributed by atoms with Gasteiger partial charge in [-0.2, -0.15) is 0 Å². The highest BCUT2D eigenvalue weighted by molar-refractivity contribution is 5.92. The van der Waals surface area contributed by atoms with E-state index < -0.39 is 71.1 Å². The van der Waals surface area contributed by atoms with Gasteiger partial charge in [-0.1, -0.05) is 71.6 Å². The van der Waals surface area contributed by atoms with Gasteiger partial charge < -0.3 is 71.4 Å². The highest BCUT2D eigenvalue weighted by Gasteiger charge is 2.33. The van der Waals surface area contributed by atoms with Crippen LogP contribution in [0, 0.1) is 17.3 Å². The molecule has 1 aromatic heterocycles. The molecule has 0 bridgehead atoms. The van der Waals surface area contributed by atoms with Crippen LogP contribution in [-0.2, 0) is 82.9 Å². The summed E-state index contributed by atoms with van der Waals surface area (Å²) < 4.78 is 21.6. The first-order valence-corrected chi connectivity index (χ1v) is 31.1. The molecule has 11 N–H and O–H groups in total. The summed E-state index contributed by atoms with van der Waals surface area (Å²) in [5, 5.41) is 48.2. The van der Waals surface area contributed by atoms with E-state index >= 15 is 0 Å². The highest BCUT2D eigenvalue weighted by Crippen LogP contribution is 2.28. The topological polar surface area (TPSA) is 425 Å². The van der Waals surface area contributed by atoms with Gasteiger partial charge in [0.05, 0.1) is 51.4 Å². The van der Waals surface area contributed by atoms with E-state index in [-0.39, 0.29) is 178 Å². The number of aryl methyl sites for hydroxylation is 1. The third kappa shape index (κ3) is 41.6. The zero-order valence-corrected chi connectivity index (χ0v) is 52.0. The van der Waals surface area contributed by atoms with Gasteiger partial charge in [0.25, 0.3) is 0 Å². The standard InChI is InChI=1S/C61H101N7O20/c1-43(69)56(57(62)79)68-58(80)44(21-27-51(73)61(2,3)38-49(72)24-23-46-39-63-42-66-46)17-14-15-29-64-53(75)40-88-36-34-86-32-30-65-54(76)41-87-35-33-85-31-16-19-47(70)25-26-50(60(83)84)67-52(74)28-22-45(59(81)82)37-48(71)18-12-10-8-6-4-5-7-9-11-13-20-55(77)78/h39,42-45,50,56,69H,4-38,40-41H2,1-3H3,(H2,62,79)(H,63,66)(H,64,75)(H,65,76)(H,67,74)(H,68,80)(H,77,78)(H,81,82)(H,83,84)/t43-,44-,45-,50+,56+/m1/s1. The molecule has 0 aliphatic rings. The van der Waals surface area contributed by atoms with Gasteiger partial charge in [0.15, 0.2) is 0 Å². The summed E-state index contributed by atoms with van der Waals surface area (Å²) in [5.74, 6) is -8.80. The fourth-order valence-corrected chi connectivity index (χ4v) is 9.34. The van der Waals surface area contributed by atoms with Crippen LogP contribution in [0.4, 0.5) is 0 Å². The van der Waals surface area contributed by atoms with E-state index in [1.807, 2.05) is 0 Å². The lowest BCUT2D eigenvalue weighted by atomic mass is 9.79. The number of carbonyl (C=O) groups is 12. The Kier molecular flexibility index (Phi) is 43.7. The van der Waals surface area contributed by atoms with Gasteiger partial charge >= 0.3 is 17.9 Å². The van der Waals surface area contributed by atoms with Crippen LogP contribution < -0.4 is 27.0 Å². The second-order valence-corrected chi connectivity index (χ2v) is 22.9. The van der Waals surface area contributed by atoms with Crippen LogP contribution in [0.3, 0.4) is 0 Å². The van der Waals surface area contributed by atoms with E-state index in [2.05, 4.69) is 31.2 Å². The summed E-state index contributed by atoms with van der Waals surface area (Å²) >= 11 is 0. The minimum atomic E-state index is -1.36. The van der Waals surface area contributed by atoms with Gasteiger partial charge in [0, 0.05) is 101 Å². The number of nitrogens with one attached hydrogen (secondary N) is 5. The lowest BCUT2D eigenvalue weighted by Crippen LogP contribution is -2.52. The van der Waals surface area contributed by atoms with Crippen molar-refractivity contribution in [1.82, 2.24) is 31.2 Å². The molecule has 0 spiro atoms. The molecular formula is C61H101N7O20. The molecule has 1 aromatic rings. The van der Waals surface area contributed by atoms with E-state index in [4.69, 9.17) is 29.8 Å². The minimum Gasteiger partial charge on any atom is -0.481 e. The van der Waals surface area contributed by atoms with Crippen molar-refractivity contribution in [2.45, 2.75) is 212 Å². The largest absolute Gasteiger partial charge is 0.481 e. The van der Waals surface area contributed by atoms with Crippen LogP contribution in [0.5, 0.6) is 0 Å². The Bertz CT molecular complexity index is 2260. The second-order valence-electron chi connectivity index (χ2n) is 22.9. The number of Topliss-reactive ketones (excluding diaryl/α,β-unsaturated/α-hetero) is 4. The molecule has 88 heavy (non-hydrogen) atoms. The van der Waals surface area contributed by atoms with Gasteiger partial charge in [0.2, 0.25) is 29.5 Å². The van der Waals surface area contributed by atoms with E-state index in [9.17, 15) is 72.9 Å². The Morgan fingerprint density at radius 1 is 0.557 bits per heavy atom. The zero-order valence-electron chi connectivity index (χ0n) is 52.0. The van der Waals surface area contributed by atoms with Crippen molar-refractivity contribution in [3.63, 3.8) is 0 Å². The van der Waals surface area contributed by atoms with Crippen LogP contribution in [0.1, 0.15) is 193 Å². The third-order valence-electron chi connectivity index (χ3n) is 14.6. The molecule has 5 atom stereocenters. The first kappa shape index (κ1) is 79.5. The second kappa shape index (κ2) is 48.4. The molecule has 27 heteroatoms. The molecule has 0 aliphatic carbocycles. The minimum absolute atomic E-state index is 0.00426. The molecule has 500 valence electrons. The summed E-state index contributed by atoms with van der Waals surface area (Å²) in [6.07, 6.45) is 13.2. The molecule has 1 heterocycles. The molecule has 0 aromatic carbocycles. The summed E-state index contributed by atoms with van der Waals surface area (Å²) in [6.45, 7) is 5.56. The number of hydrogen-bond donors (Lipinski definition) is 10. The molecule has 0 saturated heterocycles. The van der Waals surface area contributed by atoms with Gasteiger partial charge in [-0.05, 0) is 64.7 Å². The Balaban J connectivity index is 2.18. The molecule has 0 unspecified atom stereocenters. The third-order valence-corrected chi connectivity index (χ3v) is 14.6. The molecule has 0 aliphatic heterocycles. The van der Waals surface area contributed by atoms with Crippen molar-refractivity contribution < 1.29 is 96.9 Å². The maximum atomic E-state index is 13.3. The van der Waals surface area contributed by atoms with Crippen molar-refractivity contribution >= 4 is 70.6 Å². The quantitative estimate of drug-likeness (QED) is 0.0412. The normalized spacial score (nSPS) is 13.1. The van der Waals surface area contributed by atoms with Crippen LogP contribution in [-0.4, -0.2) is 185 Å². The molecule has 5 amide bonds. The number of nitrogens with two attached hydrogens (primary N) is 1. The number of ether oxygens (including phenoxy) is 4. The van der Waals surface area contributed by atoms with Crippen molar-refractivity contribution in [3.8, 4) is 0 Å². The number of nitrogens with zero attached hydrogens (tertiary/aromatic N) is 1. The Morgan fingerprint density at radius 2 is 1.12 bits per heavy atom. The van der Waals surface area contributed by atoms with E-state index in [0.717, 1.165) is 57.1 Å². The number of carbonyl (C=O) groups excluding carboxylic acids is 9. The van der Waals surface area contributed by atoms with Crippen molar-refractivity contribution in [3.05, 3.63) is 18.2 Å². The number of carboxylic acid groups (broad SMARTS) is 3.